The molecule has 1 aromatic rings. The standard InChI is InChI=1S/C15H22N2O.ClH/c16-11-10-15(18)17-14-8-6-13(7-9-14)12-4-2-1-3-5-12;/h1-5,13-14H,6-11,16H2,(H,17,18);1H. The second-order valence-electron chi connectivity index (χ2n) is 5.07. The van der Waals surface area contributed by atoms with Crippen LogP contribution in [0.3, 0.4) is 0 Å². The van der Waals surface area contributed by atoms with Crippen LogP contribution < -0.4 is 11.1 Å². The van der Waals surface area contributed by atoms with E-state index in [0.717, 1.165) is 25.7 Å². The van der Waals surface area contributed by atoms with Crippen LogP contribution in [0.5, 0.6) is 0 Å². The maximum atomic E-state index is 11.5. The first-order chi connectivity index (χ1) is 8.79. The minimum Gasteiger partial charge on any atom is -0.353 e. The Bertz CT molecular complexity index is 375. The molecule has 1 saturated carbocycles. The molecule has 0 unspecified atom stereocenters. The number of carbonyl (C=O) groups is 1. The van der Waals surface area contributed by atoms with Gasteiger partial charge in [0.2, 0.25) is 5.91 Å². The average Bonchev–Trinajstić information content (AvgIpc) is 2.41. The average molecular weight is 283 g/mol. The largest absolute Gasteiger partial charge is 0.353 e. The molecule has 19 heavy (non-hydrogen) atoms. The smallest absolute Gasteiger partial charge is 0.221 e. The molecule has 4 heteroatoms. The maximum absolute atomic E-state index is 11.5. The minimum absolute atomic E-state index is 0. The van der Waals surface area contributed by atoms with Gasteiger partial charge in [-0.05, 0) is 37.2 Å². The van der Waals surface area contributed by atoms with Gasteiger partial charge < -0.3 is 11.1 Å². The second kappa shape index (κ2) is 8.18. The highest BCUT2D eigenvalue weighted by Gasteiger charge is 2.22. The van der Waals surface area contributed by atoms with Crippen molar-refractivity contribution in [2.24, 2.45) is 5.73 Å². The first kappa shape index (κ1) is 16.0. The molecule has 1 fully saturated rings. The van der Waals surface area contributed by atoms with E-state index in [2.05, 4.69) is 35.6 Å². The van der Waals surface area contributed by atoms with E-state index in [1.54, 1.807) is 0 Å². The molecular formula is C15H23ClN2O. The number of nitrogens with two attached hydrogens (primary N) is 1. The lowest BCUT2D eigenvalue weighted by Crippen LogP contribution is -2.38. The van der Waals surface area contributed by atoms with E-state index in [-0.39, 0.29) is 18.3 Å². The van der Waals surface area contributed by atoms with Crippen molar-refractivity contribution in [3.05, 3.63) is 35.9 Å². The fourth-order valence-corrected chi connectivity index (χ4v) is 2.73. The van der Waals surface area contributed by atoms with Crippen molar-refractivity contribution in [1.29, 1.82) is 0 Å². The zero-order valence-corrected chi connectivity index (χ0v) is 12.0. The molecule has 3 N–H and O–H groups in total. The fraction of sp³-hybridized carbons (Fsp3) is 0.533. The van der Waals surface area contributed by atoms with Crippen molar-refractivity contribution in [2.45, 2.75) is 44.1 Å². The number of rotatable bonds is 4. The van der Waals surface area contributed by atoms with Gasteiger partial charge in [-0.2, -0.15) is 0 Å². The van der Waals surface area contributed by atoms with Gasteiger partial charge in [-0.15, -0.1) is 12.4 Å². The topological polar surface area (TPSA) is 55.1 Å². The number of hydrogen-bond donors (Lipinski definition) is 2. The van der Waals surface area contributed by atoms with Crippen molar-refractivity contribution in [3.63, 3.8) is 0 Å². The molecule has 0 saturated heterocycles. The van der Waals surface area contributed by atoms with Gasteiger partial charge in [0.25, 0.3) is 0 Å². The van der Waals surface area contributed by atoms with Gasteiger partial charge in [0.15, 0.2) is 0 Å². The summed E-state index contributed by atoms with van der Waals surface area (Å²) in [5, 5.41) is 3.07. The molecule has 1 amide bonds. The van der Waals surface area contributed by atoms with E-state index in [9.17, 15) is 4.79 Å². The normalized spacial score (nSPS) is 22.4. The zero-order valence-electron chi connectivity index (χ0n) is 11.2. The predicted octanol–water partition coefficient (Wildman–Crippen LogP) is 2.60. The molecule has 0 bridgehead atoms. The van der Waals surface area contributed by atoms with Crippen LogP contribution in [0, 0.1) is 0 Å². The van der Waals surface area contributed by atoms with Gasteiger partial charge in [0, 0.05) is 19.0 Å². The Morgan fingerprint density at radius 1 is 1.16 bits per heavy atom. The Labute approximate surface area is 121 Å². The predicted molar refractivity (Wildman–Crippen MR) is 80.5 cm³/mol. The monoisotopic (exact) mass is 282 g/mol. The minimum atomic E-state index is 0. The Balaban J connectivity index is 0.00000180. The quantitative estimate of drug-likeness (QED) is 0.892. The van der Waals surface area contributed by atoms with Gasteiger partial charge in [0.1, 0.15) is 0 Å². The molecule has 0 radical (unpaired) electrons. The first-order valence-corrected chi connectivity index (χ1v) is 6.84. The summed E-state index contributed by atoms with van der Waals surface area (Å²) in [6, 6.07) is 11.0. The number of halogens is 1. The van der Waals surface area contributed by atoms with Crippen molar-refractivity contribution in [1.82, 2.24) is 5.32 Å². The second-order valence-corrected chi connectivity index (χ2v) is 5.07. The molecular weight excluding hydrogens is 260 g/mol. The lowest BCUT2D eigenvalue weighted by atomic mass is 9.82. The Morgan fingerprint density at radius 2 is 1.79 bits per heavy atom. The van der Waals surface area contributed by atoms with Crippen LogP contribution in [0.1, 0.15) is 43.6 Å². The van der Waals surface area contributed by atoms with Gasteiger partial charge in [-0.3, -0.25) is 4.79 Å². The first-order valence-electron chi connectivity index (χ1n) is 6.84. The fourth-order valence-electron chi connectivity index (χ4n) is 2.73. The highest BCUT2D eigenvalue weighted by Crippen LogP contribution is 2.32. The summed E-state index contributed by atoms with van der Waals surface area (Å²) in [4.78, 5) is 11.5. The highest BCUT2D eigenvalue weighted by molar-refractivity contribution is 5.85. The van der Waals surface area contributed by atoms with Gasteiger partial charge in [0.05, 0.1) is 0 Å². The Kier molecular flexibility index (Phi) is 6.89. The summed E-state index contributed by atoms with van der Waals surface area (Å²) < 4.78 is 0. The highest BCUT2D eigenvalue weighted by atomic mass is 35.5. The summed E-state index contributed by atoms with van der Waals surface area (Å²) in [5.74, 6) is 0.759. The van der Waals surface area contributed by atoms with Crippen molar-refractivity contribution < 1.29 is 4.79 Å². The van der Waals surface area contributed by atoms with Crippen molar-refractivity contribution in [2.75, 3.05) is 6.54 Å². The summed E-state index contributed by atoms with van der Waals surface area (Å²) in [5.41, 5.74) is 6.81. The molecule has 0 aromatic heterocycles. The molecule has 0 spiro atoms. The molecule has 0 aliphatic heterocycles. The van der Waals surface area contributed by atoms with Crippen LogP contribution in [0.4, 0.5) is 0 Å². The number of nitrogens with one attached hydrogen (secondary N) is 1. The summed E-state index contributed by atoms with van der Waals surface area (Å²) in [6.07, 6.45) is 4.93. The molecule has 1 aromatic carbocycles. The lowest BCUT2D eigenvalue weighted by Gasteiger charge is -2.29. The van der Waals surface area contributed by atoms with E-state index < -0.39 is 0 Å². The lowest BCUT2D eigenvalue weighted by molar-refractivity contribution is -0.121. The SMILES string of the molecule is Cl.NCCC(=O)NC1CCC(c2ccccc2)CC1. The third-order valence-electron chi connectivity index (χ3n) is 3.73. The molecule has 1 aliphatic rings. The molecule has 0 heterocycles. The van der Waals surface area contributed by atoms with Crippen LogP contribution in [-0.2, 0) is 4.79 Å². The van der Waals surface area contributed by atoms with Crippen LogP contribution in [0.25, 0.3) is 0 Å². The van der Waals surface area contributed by atoms with Gasteiger partial charge in [-0.1, -0.05) is 30.3 Å². The van der Waals surface area contributed by atoms with Crippen molar-refractivity contribution >= 4 is 18.3 Å². The van der Waals surface area contributed by atoms with Gasteiger partial charge >= 0.3 is 0 Å². The number of hydrogen-bond acceptors (Lipinski definition) is 2. The Morgan fingerprint density at radius 3 is 2.37 bits per heavy atom. The van der Waals surface area contributed by atoms with E-state index in [1.165, 1.54) is 5.56 Å². The van der Waals surface area contributed by atoms with Crippen LogP contribution in [0.15, 0.2) is 30.3 Å². The van der Waals surface area contributed by atoms with E-state index >= 15 is 0 Å². The van der Waals surface area contributed by atoms with Crippen LogP contribution >= 0.6 is 12.4 Å². The molecule has 0 atom stereocenters. The molecule has 106 valence electrons. The number of amides is 1. The third-order valence-corrected chi connectivity index (χ3v) is 3.73. The van der Waals surface area contributed by atoms with Gasteiger partial charge in [-0.25, -0.2) is 0 Å². The molecule has 2 rings (SSSR count). The van der Waals surface area contributed by atoms with E-state index in [1.807, 2.05) is 0 Å². The van der Waals surface area contributed by atoms with E-state index in [0.29, 0.717) is 24.9 Å². The van der Waals surface area contributed by atoms with Crippen LogP contribution in [0.2, 0.25) is 0 Å². The third kappa shape index (κ3) is 4.84. The van der Waals surface area contributed by atoms with E-state index in [4.69, 9.17) is 5.73 Å². The molecule has 3 nitrogen and oxygen atoms in total. The number of benzene rings is 1. The zero-order chi connectivity index (χ0) is 12.8. The Hall–Kier alpha value is -1.06. The summed E-state index contributed by atoms with van der Waals surface area (Å²) >= 11 is 0. The molecule has 1 aliphatic carbocycles. The summed E-state index contributed by atoms with van der Waals surface area (Å²) in [7, 11) is 0. The van der Waals surface area contributed by atoms with Crippen LogP contribution in [-0.4, -0.2) is 18.5 Å². The number of carbonyl (C=O) groups excluding carboxylic acids is 1. The summed E-state index contributed by atoms with van der Waals surface area (Å²) in [6.45, 7) is 0.436. The maximum Gasteiger partial charge on any atom is 0.221 e. The van der Waals surface area contributed by atoms with Crippen molar-refractivity contribution in [3.8, 4) is 0 Å².